The minimum atomic E-state index is -3.07. The van der Waals surface area contributed by atoms with E-state index in [9.17, 15) is 18.0 Å². The van der Waals surface area contributed by atoms with Crippen molar-refractivity contribution >= 4 is 22.2 Å². The average molecular weight is 277 g/mol. The van der Waals surface area contributed by atoms with Gasteiger partial charge in [-0.3, -0.25) is 0 Å². The van der Waals surface area contributed by atoms with Gasteiger partial charge in [-0.1, -0.05) is 0 Å². The summed E-state index contributed by atoms with van der Waals surface area (Å²) in [6, 6.07) is -0.808. The molecule has 104 valence electrons. The Morgan fingerprint density at radius 1 is 1.44 bits per heavy atom. The van der Waals surface area contributed by atoms with Crippen LogP contribution in [0.5, 0.6) is 0 Å². The van der Waals surface area contributed by atoms with Gasteiger partial charge in [0.05, 0.1) is 17.5 Å². The first-order valence-electron chi connectivity index (χ1n) is 5.78. The highest BCUT2D eigenvalue weighted by Gasteiger charge is 2.35. The third-order valence-electron chi connectivity index (χ3n) is 2.61. The quantitative estimate of drug-likeness (QED) is 0.759. The lowest BCUT2D eigenvalue weighted by Crippen LogP contribution is -2.44. The predicted molar refractivity (Wildman–Crippen MR) is 66.0 cm³/mol. The Morgan fingerprint density at radius 2 is 2.06 bits per heavy atom. The molecule has 0 spiro atoms. The average Bonchev–Trinajstić information content (AvgIpc) is 2.52. The zero-order valence-electron chi connectivity index (χ0n) is 10.8. The Bertz CT molecular complexity index is 423. The maximum atomic E-state index is 11.5. The molecule has 1 N–H and O–H groups in total. The zero-order chi connectivity index (χ0) is 14.0. The number of sulfone groups is 1. The molecule has 0 aliphatic carbocycles. The van der Waals surface area contributed by atoms with Gasteiger partial charge in [-0.25, -0.2) is 13.2 Å². The van der Waals surface area contributed by atoms with Gasteiger partial charge in [0.1, 0.15) is 11.9 Å². The standard InChI is InChI=1S/C11H19NO5S/c1-11(2,3)17-10(14)12-9(6-13)8-4-5-18(15,16)7-8/h6,8-9H,4-5,7H2,1-3H3,(H,12,14). The minimum Gasteiger partial charge on any atom is -0.444 e. The van der Waals surface area contributed by atoms with Gasteiger partial charge in [-0.05, 0) is 27.2 Å². The highest BCUT2D eigenvalue weighted by atomic mass is 32.2. The number of hydrogen-bond acceptors (Lipinski definition) is 5. The van der Waals surface area contributed by atoms with Crippen LogP contribution in [0.1, 0.15) is 27.2 Å². The molecule has 1 fully saturated rings. The van der Waals surface area contributed by atoms with Crippen LogP contribution in [0.25, 0.3) is 0 Å². The van der Waals surface area contributed by atoms with Crippen molar-refractivity contribution in [2.24, 2.45) is 5.92 Å². The molecule has 0 saturated carbocycles. The molecule has 0 aromatic heterocycles. The van der Waals surface area contributed by atoms with Crippen LogP contribution in [0.3, 0.4) is 0 Å². The topological polar surface area (TPSA) is 89.5 Å². The Hall–Kier alpha value is -1.11. The van der Waals surface area contributed by atoms with Gasteiger partial charge < -0.3 is 14.8 Å². The summed E-state index contributed by atoms with van der Waals surface area (Å²) in [6.07, 6.45) is 0.251. The number of alkyl carbamates (subject to hydrolysis) is 1. The molecule has 1 rings (SSSR count). The maximum absolute atomic E-state index is 11.5. The summed E-state index contributed by atoms with van der Waals surface area (Å²) in [7, 11) is -3.07. The minimum absolute atomic E-state index is 0.0633. The second-order valence-electron chi connectivity index (χ2n) is 5.47. The molecule has 1 saturated heterocycles. The van der Waals surface area contributed by atoms with E-state index < -0.39 is 27.6 Å². The van der Waals surface area contributed by atoms with Crippen molar-refractivity contribution in [2.45, 2.75) is 38.8 Å². The summed E-state index contributed by atoms with van der Waals surface area (Å²) in [5.74, 6) is -0.357. The van der Waals surface area contributed by atoms with Crippen LogP contribution < -0.4 is 5.32 Å². The molecule has 6 nitrogen and oxygen atoms in total. The third kappa shape index (κ3) is 4.64. The van der Waals surface area contributed by atoms with Crippen LogP contribution >= 0.6 is 0 Å². The van der Waals surface area contributed by atoms with Crippen LogP contribution in [0.2, 0.25) is 0 Å². The molecule has 1 aliphatic heterocycles. The van der Waals surface area contributed by atoms with Crippen molar-refractivity contribution in [1.29, 1.82) is 0 Å². The van der Waals surface area contributed by atoms with Crippen LogP contribution in [0.15, 0.2) is 0 Å². The van der Waals surface area contributed by atoms with Gasteiger partial charge in [-0.2, -0.15) is 0 Å². The van der Waals surface area contributed by atoms with Crippen LogP contribution in [-0.2, 0) is 19.4 Å². The van der Waals surface area contributed by atoms with E-state index in [1.165, 1.54) is 0 Å². The zero-order valence-corrected chi connectivity index (χ0v) is 11.6. The molecular formula is C11H19NO5S. The molecule has 1 aliphatic rings. The van der Waals surface area contributed by atoms with Crippen molar-refractivity contribution in [1.82, 2.24) is 5.32 Å². The molecule has 0 radical (unpaired) electrons. The van der Waals surface area contributed by atoms with Crippen LogP contribution in [0.4, 0.5) is 4.79 Å². The predicted octanol–water partition coefficient (Wildman–Crippen LogP) is 0.513. The first-order chi connectivity index (χ1) is 8.13. The molecule has 0 aromatic carbocycles. The van der Waals surface area contributed by atoms with Gasteiger partial charge in [0.2, 0.25) is 0 Å². The molecule has 1 amide bonds. The molecule has 1 heterocycles. The number of nitrogens with one attached hydrogen (secondary N) is 1. The Morgan fingerprint density at radius 3 is 2.44 bits per heavy atom. The fourth-order valence-corrected chi connectivity index (χ4v) is 3.67. The fraction of sp³-hybridized carbons (Fsp3) is 0.818. The number of carbonyl (C=O) groups is 2. The summed E-state index contributed by atoms with van der Waals surface area (Å²) >= 11 is 0. The first kappa shape index (κ1) is 14.9. The number of aldehydes is 1. The van der Waals surface area contributed by atoms with E-state index in [1.807, 2.05) is 0 Å². The van der Waals surface area contributed by atoms with Gasteiger partial charge in [0.25, 0.3) is 0 Å². The number of amides is 1. The van der Waals surface area contributed by atoms with Crippen molar-refractivity contribution in [3.05, 3.63) is 0 Å². The lowest BCUT2D eigenvalue weighted by atomic mass is 10.0. The molecule has 18 heavy (non-hydrogen) atoms. The Balaban J connectivity index is 2.58. The van der Waals surface area contributed by atoms with E-state index in [4.69, 9.17) is 4.74 Å². The van der Waals surface area contributed by atoms with E-state index in [0.29, 0.717) is 12.7 Å². The molecular weight excluding hydrogens is 258 g/mol. The first-order valence-corrected chi connectivity index (χ1v) is 7.60. The monoisotopic (exact) mass is 277 g/mol. The normalized spacial score (nSPS) is 24.3. The summed E-state index contributed by atoms with van der Waals surface area (Å²) in [6.45, 7) is 5.13. The highest BCUT2D eigenvalue weighted by molar-refractivity contribution is 7.91. The SMILES string of the molecule is CC(C)(C)OC(=O)NC(C=O)C1CCS(=O)(=O)C1. The summed E-state index contributed by atoms with van der Waals surface area (Å²) in [4.78, 5) is 22.4. The van der Waals surface area contributed by atoms with Gasteiger partial charge in [0, 0.05) is 5.92 Å². The van der Waals surface area contributed by atoms with Crippen molar-refractivity contribution in [3.63, 3.8) is 0 Å². The number of ether oxygens (including phenoxy) is 1. The summed E-state index contributed by atoms with van der Waals surface area (Å²) in [5.41, 5.74) is -0.654. The van der Waals surface area contributed by atoms with Crippen LogP contribution in [0, 0.1) is 5.92 Å². The number of hydrogen-bond donors (Lipinski definition) is 1. The van der Waals surface area contributed by atoms with E-state index in [1.54, 1.807) is 20.8 Å². The lowest BCUT2D eigenvalue weighted by molar-refractivity contribution is -0.110. The van der Waals surface area contributed by atoms with E-state index >= 15 is 0 Å². The van der Waals surface area contributed by atoms with Gasteiger partial charge in [-0.15, -0.1) is 0 Å². The highest BCUT2D eigenvalue weighted by Crippen LogP contribution is 2.21. The molecule has 7 heteroatoms. The van der Waals surface area contributed by atoms with Crippen LogP contribution in [-0.4, -0.2) is 43.9 Å². The lowest BCUT2D eigenvalue weighted by Gasteiger charge is -2.23. The van der Waals surface area contributed by atoms with E-state index in [-0.39, 0.29) is 17.4 Å². The van der Waals surface area contributed by atoms with Crippen molar-refractivity contribution in [2.75, 3.05) is 11.5 Å². The summed E-state index contributed by atoms with van der Waals surface area (Å²) in [5, 5.41) is 2.41. The third-order valence-corrected chi connectivity index (χ3v) is 4.40. The summed E-state index contributed by atoms with van der Waals surface area (Å²) < 4.78 is 27.7. The number of rotatable bonds is 3. The molecule has 0 bridgehead atoms. The van der Waals surface area contributed by atoms with Crippen molar-refractivity contribution < 1.29 is 22.7 Å². The van der Waals surface area contributed by atoms with Gasteiger partial charge >= 0.3 is 6.09 Å². The maximum Gasteiger partial charge on any atom is 0.408 e. The molecule has 2 unspecified atom stereocenters. The largest absolute Gasteiger partial charge is 0.444 e. The Kier molecular flexibility index (Phi) is 4.37. The van der Waals surface area contributed by atoms with Crippen molar-refractivity contribution in [3.8, 4) is 0 Å². The number of carbonyl (C=O) groups excluding carboxylic acids is 2. The van der Waals surface area contributed by atoms with E-state index in [0.717, 1.165) is 0 Å². The van der Waals surface area contributed by atoms with E-state index in [2.05, 4.69) is 5.32 Å². The fourth-order valence-electron chi connectivity index (χ4n) is 1.81. The molecule has 2 atom stereocenters. The second-order valence-corrected chi connectivity index (χ2v) is 7.70. The molecule has 0 aromatic rings. The second kappa shape index (κ2) is 5.26. The Labute approximate surface area is 107 Å². The smallest absolute Gasteiger partial charge is 0.408 e. The van der Waals surface area contributed by atoms with Gasteiger partial charge in [0.15, 0.2) is 9.84 Å².